The molecule has 26 heavy (non-hydrogen) atoms. The molecule has 6 heteroatoms. The SMILES string of the molecule is CC(C)(C)OC(=O)N1[C@H]([C@H](O)C2=CCOc3ccccc32)COC1(C)C. The van der Waals surface area contributed by atoms with Gasteiger partial charge in [0.25, 0.3) is 0 Å². The van der Waals surface area contributed by atoms with Gasteiger partial charge in [0.2, 0.25) is 0 Å². The van der Waals surface area contributed by atoms with E-state index in [0.717, 1.165) is 16.9 Å². The lowest BCUT2D eigenvalue weighted by Crippen LogP contribution is -2.53. The molecule has 2 aliphatic heterocycles. The first-order valence-corrected chi connectivity index (χ1v) is 8.87. The summed E-state index contributed by atoms with van der Waals surface area (Å²) in [4.78, 5) is 14.3. The summed E-state index contributed by atoms with van der Waals surface area (Å²) >= 11 is 0. The molecule has 0 unspecified atom stereocenters. The number of nitrogens with zero attached hydrogens (tertiary/aromatic N) is 1. The second-order valence-electron chi connectivity index (χ2n) is 8.09. The van der Waals surface area contributed by atoms with Crippen LogP contribution in [0.15, 0.2) is 30.3 Å². The fourth-order valence-electron chi connectivity index (χ4n) is 3.38. The number of amides is 1. The van der Waals surface area contributed by atoms with E-state index in [-0.39, 0.29) is 6.61 Å². The standard InChI is InChI=1S/C20H27NO5/c1-19(2,3)26-18(23)21-15(12-25-20(21,4)5)17(22)14-10-11-24-16-9-7-6-8-13(14)16/h6-10,15,17,22H,11-12H2,1-5H3/t15-,17+/m0/s1. The maximum absolute atomic E-state index is 12.8. The zero-order valence-corrected chi connectivity index (χ0v) is 16.0. The number of aliphatic hydroxyl groups is 1. The average molecular weight is 361 g/mol. The van der Waals surface area contributed by atoms with Crippen molar-refractivity contribution in [2.45, 2.75) is 58.1 Å². The molecule has 0 radical (unpaired) electrons. The predicted molar refractivity (Wildman–Crippen MR) is 97.8 cm³/mol. The van der Waals surface area contributed by atoms with Gasteiger partial charge in [0, 0.05) is 5.56 Å². The first-order valence-electron chi connectivity index (χ1n) is 8.87. The summed E-state index contributed by atoms with van der Waals surface area (Å²) in [5.74, 6) is 0.728. The number of carbonyl (C=O) groups is 1. The van der Waals surface area contributed by atoms with Gasteiger partial charge >= 0.3 is 6.09 Å². The molecule has 0 aromatic heterocycles. The van der Waals surface area contributed by atoms with E-state index in [1.54, 1.807) is 13.8 Å². The van der Waals surface area contributed by atoms with Crippen LogP contribution < -0.4 is 4.74 Å². The predicted octanol–water partition coefficient (Wildman–Crippen LogP) is 3.20. The summed E-state index contributed by atoms with van der Waals surface area (Å²) in [7, 11) is 0. The third-order valence-electron chi connectivity index (χ3n) is 4.53. The van der Waals surface area contributed by atoms with Crippen molar-refractivity contribution in [3.8, 4) is 5.75 Å². The van der Waals surface area contributed by atoms with E-state index in [2.05, 4.69) is 0 Å². The van der Waals surface area contributed by atoms with Crippen LogP contribution in [0.4, 0.5) is 4.79 Å². The van der Waals surface area contributed by atoms with Gasteiger partial charge in [0.15, 0.2) is 0 Å². The molecule has 2 heterocycles. The van der Waals surface area contributed by atoms with E-state index >= 15 is 0 Å². The highest BCUT2D eigenvalue weighted by molar-refractivity contribution is 5.77. The quantitative estimate of drug-likeness (QED) is 0.876. The molecule has 2 atom stereocenters. The van der Waals surface area contributed by atoms with Crippen LogP contribution in [0, 0.1) is 0 Å². The number of fused-ring (bicyclic) bond motifs is 1. The monoisotopic (exact) mass is 361 g/mol. The Morgan fingerprint density at radius 1 is 1.35 bits per heavy atom. The fourth-order valence-corrected chi connectivity index (χ4v) is 3.38. The summed E-state index contributed by atoms with van der Waals surface area (Å²) in [6.07, 6.45) is 0.449. The third-order valence-corrected chi connectivity index (χ3v) is 4.53. The Kier molecular flexibility index (Phi) is 4.75. The smallest absolute Gasteiger partial charge is 0.413 e. The van der Waals surface area contributed by atoms with Gasteiger partial charge in [-0.05, 0) is 52.3 Å². The minimum atomic E-state index is -0.908. The topological polar surface area (TPSA) is 68.2 Å². The maximum atomic E-state index is 12.8. The van der Waals surface area contributed by atoms with Gasteiger partial charge in [0.1, 0.15) is 29.8 Å². The Balaban J connectivity index is 1.89. The zero-order valence-electron chi connectivity index (χ0n) is 16.0. The van der Waals surface area contributed by atoms with Crippen LogP contribution in [0.25, 0.3) is 5.57 Å². The van der Waals surface area contributed by atoms with Gasteiger partial charge in [-0.3, -0.25) is 4.90 Å². The minimum Gasteiger partial charge on any atom is -0.489 e. The molecule has 3 rings (SSSR count). The Hall–Kier alpha value is -2.05. The fraction of sp³-hybridized carbons (Fsp3) is 0.550. The van der Waals surface area contributed by atoms with Crippen molar-refractivity contribution in [3.63, 3.8) is 0 Å². The van der Waals surface area contributed by atoms with Crippen molar-refractivity contribution in [2.75, 3.05) is 13.2 Å². The molecular formula is C20H27NO5. The Morgan fingerprint density at radius 2 is 2.04 bits per heavy atom. The Morgan fingerprint density at radius 3 is 2.73 bits per heavy atom. The molecule has 2 aliphatic rings. The summed E-state index contributed by atoms with van der Waals surface area (Å²) in [6.45, 7) is 9.67. The Bertz CT molecular complexity index is 719. The normalized spacial score (nSPS) is 22.9. The summed E-state index contributed by atoms with van der Waals surface area (Å²) in [5, 5.41) is 11.1. The van der Waals surface area contributed by atoms with Crippen LogP contribution in [-0.4, -0.2) is 52.8 Å². The molecule has 1 aromatic rings. The number of benzene rings is 1. The van der Waals surface area contributed by atoms with E-state index in [0.29, 0.717) is 6.61 Å². The Labute approximate surface area is 154 Å². The van der Waals surface area contributed by atoms with Crippen LogP contribution in [0.5, 0.6) is 5.75 Å². The molecule has 0 bridgehead atoms. The van der Waals surface area contributed by atoms with Crippen molar-refractivity contribution in [1.82, 2.24) is 4.90 Å². The largest absolute Gasteiger partial charge is 0.489 e. The lowest BCUT2D eigenvalue weighted by Gasteiger charge is -2.37. The number of hydrogen-bond donors (Lipinski definition) is 1. The van der Waals surface area contributed by atoms with Gasteiger partial charge in [-0.25, -0.2) is 4.79 Å². The highest BCUT2D eigenvalue weighted by Gasteiger charge is 2.49. The number of aliphatic hydroxyl groups excluding tert-OH is 1. The molecule has 6 nitrogen and oxygen atoms in total. The van der Waals surface area contributed by atoms with Crippen LogP contribution in [-0.2, 0) is 9.47 Å². The van der Waals surface area contributed by atoms with Gasteiger partial charge in [-0.2, -0.15) is 0 Å². The highest BCUT2D eigenvalue weighted by atomic mass is 16.6. The molecule has 1 N–H and O–H groups in total. The number of carbonyl (C=O) groups excluding carboxylic acids is 1. The summed E-state index contributed by atoms with van der Waals surface area (Å²) in [5.41, 5.74) is 0.0847. The van der Waals surface area contributed by atoms with E-state index < -0.39 is 29.6 Å². The lowest BCUT2D eigenvalue weighted by molar-refractivity contribution is -0.0658. The molecule has 1 aromatic carbocycles. The third kappa shape index (κ3) is 3.57. The molecule has 1 fully saturated rings. The van der Waals surface area contributed by atoms with Crippen LogP contribution in [0.3, 0.4) is 0 Å². The maximum Gasteiger partial charge on any atom is 0.413 e. The van der Waals surface area contributed by atoms with Gasteiger partial charge < -0.3 is 19.3 Å². The zero-order chi connectivity index (χ0) is 19.1. The molecule has 1 saturated heterocycles. The van der Waals surface area contributed by atoms with Crippen molar-refractivity contribution in [1.29, 1.82) is 0 Å². The second kappa shape index (κ2) is 6.59. The molecule has 1 amide bonds. The number of rotatable bonds is 2. The summed E-state index contributed by atoms with van der Waals surface area (Å²) in [6, 6.07) is 7.02. The van der Waals surface area contributed by atoms with E-state index in [1.807, 2.05) is 51.1 Å². The molecule has 142 valence electrons. The first-order chi connectivity index (χ1) is 12.1. The second-order valence-corrected chi connectivity index (χ2v) is 8.09. The minimum absolute atomic E-state index is 0.230. The van der Waals surface area contributed by atoms with Crippen LogP contribution >= 0.6 is 0 Å². The van der Waals surface area contributed by atoms with E-state index in [9.17, 15) is 9.90 Å². The molecule has 0 aliphatic carbocycles. The number of ether oxygens (including phenoxy) is 3. The van der Waals surface area contributed by atoms with Crippen molar-refractivity contribution in [3.05, 3.63) is 35.9 Å². The molecule has 0 saturated carbocycles. The van der Waals surface area contributed by atoms with Crippen molar-refractivity contribution in [2.24, 2.45) is 0 Å². The van der Waals surface area contributed by atoms with E-state index in [1.165, 1.54) is 4.90 Å². The van der Waals surface area contributed by atoms with Crippen LogP contribution in [0.2, 0.25) is 0 Å². The summed E-state index contributed by atoms with van der Waals surface area (Å²) < 4.78 is 17.0. The number of para-hydroxylation sites is 1. The molecular weight excluding hydrogens is 334 g/mol. The van der Waals surface area contributed by atoms with Gasteiger partial charge in [-0.1, -0.05) is 18.2 Å². The lowest BCUT2D eigenvalue weighted by atomic mass is 9.93. The van der Waals surface area contributed by atoms with Gasteiger partial charge in [0.05, 0.1) is 12.6 Å². The van der Waals surface area contributed by atoms with Crippen molar-refractivity contribution >= 4 is 11.7 Å². The first kappa shape index (κ1) is 18.7. The van der Waals surface area contributed by atoms with Gasteiger partial charge in [-0.15, -0.1) is 0 Å². The van der Waals surface area contributed by atoms with Crippen molar-refractivity contribution < 1.29 is 24.1 Å². The average Bonchev–Trinajstić information content (AvgIpc) is 2.87. The highest BCUT2D eigenvalue weighted by Crippen LogP contribution is 2.38. The van der Waals surface area contributed by atoms with E-state index in [4.69, 9.17) is 14.2 Å². The molecule has 0 spiro atoms. The van der Waals surface area contributed by atoms with Crippen LogP contribution in [0.1, 0.15) is 40.2 Å². The number of hydrogen-bond acceptors (Lipinski definition) is 5.